The molecule has 0 radical (unpaired) electrons. The molecule has 0 amide bonds. The highest BCUT2D eigenvalue weighted by atomic mass is 19.1. The molecule has 3 nitrogen and oxygen atoms in total. The Morgan fingerprint density at radius 1 is 1.21 bits per heavy atom. The fourth-order valence-corrected chi connectivity index (χ4v) is 1.18. The SMILES string of the molecule is Nc1cccc(-c2ccncc2F)n1. The predicted molar refractivity (Wildman–Crippen MR) is 51.8 cm³/mol. The first-order valence-electron chi connectivity index (χ1n) is 4.10. The van der Waals surface area contributed by atoms with E-state index in [1.54, 1.807) is 24.3 Å². The van der Waals surface area contributed by atoms with E-state index < -0.39 is 5.82 Å². The summed E-state index contributed by atoms with van der Waals surface area (Å²) in [4.78, 5) is 7.67. The van der Waals surface area contributed by atoms with E-state index in [2.05, 4.69) is 9.97 Å². The summed E-state index contributed by atoms with van der Waals surface area (Å²) in [6.07, 6.45) is 2.67. The first-order valence-corrected chi connectivity index (χ1v) is 4.10. The van der Waals surface area contributed by atoms with Crippen LogP contribution >= 0.6 is 0 Å². The van der Waals surface area contributed by atoms with Crippen LogP contribution in [-0.4, -0.2) is 9.97 Å². The molecule has 0 bridgehead atoms. The van der Waals surface area contributed by atoms with Gasteiger partial charge in [-0.1, -0.05) is 6.07 Å². The van der Waals surface area contributed by atoms with E-state index >= 15 is 0 Å². The summed E-state index contributed by atoms with van der Waals surface area (Å²) in [5.41, 5.74) is 6.42. The third kappa shape index (κ3) is 1.54. The summed E-state index contributed by atoms with van der Waals surface area (Å²) in [5.74, 6) is -0.0238. The van der Waals surface area contributed by atoms with Crippen molar-refractivity contribution in [3.8, 4) is 11.3 Å². The second-order valence-electron chi connectivity index (χ2n) is 2.80. The minimum atomic E-state index is -0.398. The van der Waals surface area contributed by atoms with E-state index in [1.165, 1.54) is 6.20 Å². The summed E-state index contributed by atoms with van der Waals surface area (Å²) in [6, 6.07) is 6.66. The molecule has 2 N–H and O–H groups in total. The van der Waals surface area contributed by atoms with Gasteiger partial charge in [0.2, 0.25) is 0 Å². The van der Waals surface area contributed by atoms with Gasteiger partial charge in [-0.15, -0.1) is 0 Å². The highest BCUT2D eigenvalue weighted by Crippen LogP contribution is 2.19. The largest absolute Gasteiger partial charge is 0.384 e. The zero-order valence-corrected chi connectivity index (χ0v) is 7.31. The number of halogens is 1. The molecule has 0 unspecified atom stereocenters. The minimum absolute atomic E-state index is 0.374. The van der Waals surface area contributed by atoms with Crippen LogP contribution < -0.4 is 5.73 Å². The van der Waals surface area contributed by atoms with Crippen molar-refractivity contribution in [2.45, 2.75) is 0 Å². The molecule has 0 spiro atoms. The number of nitrogens with zero attached hydrogens (tertiary/aromatic N) is 2. The van der Waals surface area contributed by atoms with E-state index in [-0.39, 0.29) is 0 Å². The van der Waals surface area contributed by atoms with Crippen LogP contribution in [0.4, 0.5) is 10.2 Å². The van der Waals surface area contributed by atoms with Crippen LogP contribution in [0.3, 0.4) is 0 Å². The summed E-state index contributed by atoms with van der Waals surface area (Å²) < 4.78 is 13.3. The van der Waals surface area contributed by atoms with E-state index in [9.17, 15) is 4.39 Å². The average molecular weight is 189 g/mol. The lowest BCUT2D eigenvalue weighted by molar-refractivity contribution is 0.624. The van der Waals surface area contributed by atoms with Crippen molar-refractivity contribution < 1.29 is 4.39 Å². The summed E-state index contributed by atoms with van der Waals surface area (Å²) in [7, 11) is 0. The standard InChI is InChI=1S/C10H8FN3/c11-8-6-13-5-4-7(8)9-2-1-3-10(12)14-9/h1-6H,(H2,12,14). The molecule has 70 valence electrons. The van der Waals surface area contributed by atoms with Gasteiger partial charge in [0, 0.05) is 11.8 Å². The number of pyridine rings is 2. The first-order chi connectivity index (χ1) is 6.77. The molecule has 14 heavy (non-hydrogen) atoms. The van der Waals surface area contributed by atoms with Gasteiger partial charge >= 0.3 is 0 Å². The van der Waals surface area contributed by atoms with Crippen LogP contribution in [0.1, 0.15) is 0 Å². The Morgan fingerprint density at radius 3 is 2.79 bits per heavy atom. The zero-order chi connectivity index (χ0) is 9.97. The third-order valence-electron chi connectivity index (χ3n) is 1.82. The summed E-state index contributed by atoms with van der Waals surface area (Å²) in [6.45, 7) is 0. The van der Waals surface area contributed by atoms with Crippen LogP contribution in [-0.2, 0) is 0 Å². The van der Waals surface area contributed by atoms with E-state index in [1.807, 2.05) is 0 Å². The summed E-state index contributed by atoms with van der Waals surface area (Å²) in [5, 5.41) is 0. The maximum absolute atomic E-state index is 13.3. The average Bonchev–Trinajstić information content (AvgIpc) is 2.18. The lowest BCUT2D eigenvalue weighted by Gasteiger charge is -2.01. The molecule has 0 aliphatic rings. The molecule has 2 rings (SSSR count). The van der Waals surface area contributed by atoms with E-state index in [4.69, 9.17) is 5.73 Å². The van der Waals surface area contributed by atoms with Crippen molar-refractivity contribution in [1.29, 1.82) is 0 Å². The fraction of sp³-hybridized carbons (Fsp3) is 0. The topological polar surface area (TPSA) is 51.8 Å². The van der Waals surface area contributed by atoms with Gasteiger partial charge in [0.05, 0.1) is 11.9 Å². The Bertz CT molecular complexity index is 457. The van der Waals surface area contributed by atoms with Gasteiger partial charge in [0.1, 0.15) is 5.82 Å². The number of hydrogen-bond acceptors (Lipinski definition) is 3. The maximum Gasteiger partial charge on any atom is 0.150 e. The molecule has 0 aliphatic heterocycles. The normalized spacial score (nSPS) is 10.1. The van der Waals surface area contributed by atoms with Crippen molar-refractivity contribution in [3.05, 3.63) is 42.5 Å². The molecule has 0 fully saturated rings. The molecule has 0 aromatic carbocycles. The molecular formula is C10H8FN3. The van der Waals surface area contributed by atoms with Gasteiger partial charge in [-0.2, -0.15) is 0 Å². The van der Waals surface area contributed by atoms with E-state index in [0.717, 1.165) is 6.20 Å². The lowest BCUT2D eigenvalue weighted by Crippen LogP contribution is -1.93. The Morgan fingerprint density at radius 2 is 2.07 bits per heavy atom. The summed E-state index contributed by atoms with van der Waals surface area (Å²) >= 11 is 0. The second-order valence-corrected chi connectivity index (χ2v) is 2.80. The zero-order valence-electron chi connectivity index (χ0n) is 7.31. The molecule has 4 heteroatoms. The van der Waals surface area contributed by atoms with Gasteiger partial charge in [-0.3, -0.25) is 4.98 Å². The molecule has 0 aliphatic carbocycles. The highest BCUT2D eigenvalue weighted by Gasteiger charge is 2.05. The first kappa shape index (κ1) is 8.62. The van der Waals surface area contributed by atoms with Gasteiger partial charge < -0.3 is 5.73 Å². The molecule has 0 saturated heterocycles. The Labute approximate surface area is 80.4 Å². The van der Waals surface area contributed by atoms with Crippen LogP contribution in [0, 0.1) is 5.82 Å². The number of aromatic nitrogens is 2. The number of rotatable bonds is 1. The van der Waals surface area contributed by atoms with Crippen molar-refractivity contribution in [3.63, 3.8) is 0 Å². The Kier molecular flexibility index (Phi) is 2.10. The van der Waals surface area contributed by atoms with Crippen LogP contribution in [0.25, 0.3) is 11.3 Å². The van der Waals surface area contributed by atoms with Crippen LogP contribution in [0.5, 0.6) is 0 Å². The molecular weight excluding hydrogens is 181 g/mol. The van der Waals surface area contributed by atoms with Crippen molar-refractivity contribution in [1.82, 2.24) is 9.97 Å². The number of nitrogen functional groups attached to an aromatic ring is 1. The predicted octanol–water partition coefficient (Wildman–Crippen LogP) is 1.86. The van der Waals surface area contributed by atoms with Gasteiger partial charge in [0.25, 0.3) is 0 Å². The van der Waals surface area contributed by atoms with Crippen LogP contribution in [0.15, 0.2) is 36.7 Å². The lowest BCUT2D eigenvalue weighted by atomic mass is 10.2. The molecule has 2 aromatic heterocycles. The van der Waals surface area contributed by atoms with E-state index in [0.29, 0.717) is 17.1 Å². The minimum Gasteiger partial charge on any atom is -0.384 e. The molecule has 2 aromatic rings. The van der Waals surface area contributed by atoms with Crippen LogP contribution in [0.2, 0.25) is 0 Å². The quantitative estimate of drug-likeness (QED) is 0.744. The Hall–Kier alpha value is -1.97. The second kappa shape index (κ2) is 3.41. The number of hydrogen-bond donors (Lipinski definition) is 1. The smallest absolute Gasteiger partial charge is 0.150 e. The fourth-order valence-electron chi connectivity index (χ4n) is 1.18. The molecule has 2 heterocycles. The number of anilines is 1. The third-order valence-corrected chi connectivity index (χ3v) is 1.82. The monoisotopic (exact) mass is 189 g/mol. The maximum atomic E-state index is 13.3. The highest BCUT2D eigenvalue weighted by molar-refractivity contribution is 5.60. The van der Waals surface area contributed by atoms with Gasteiger partial charge in [0.15, 0.2) is 5.82 Å². The van der Waals surface area contributed by atoms with Crippen molar-refractivity contribution in [2.24, 2.45) is 0 Å². The Balaban J connectivity index is 2.55. The van der Waals surface area contributed by atoms with Gasteiger partial charge in [-0.05, 0) is 18.2 Å². The van der Waals surface area contributed by atoms with Gasteiger partial charge in [-0.25, -0.2) is 9.37 Å². The molecule has 0 saturated carbocycles. The number of nitrogens with two attached hydrogens (primary N) is 1. The van der Waals surface area contributed by atoms with Crippen molar-refractivity contribution >= 4 is 5.82 Å². The molecule has 0 atom stereocenters. The van der Waals surface area contributed by atoms with Crippen molar-refractivity contribution in [2.75, 3.05) is 5.73 Å².